The fourth-order valence-electron chi connectivity index (χ4n) is 4.48. The Morgan fingerprint density at radius 3 is 2.68 bits per heavy atom. The van der Waals surface area contributed by atoms with E-state index in [2.05, 4.69) is 22.8 Å². The summed E-state index contributed by atoms with van der Waals surface area (Å²) in [5.41, 5.74) is 0.528. The molecule has 1 aromatic carbocycles. The van der Waals surface area contributed by atoms with E-state index in [1.54, 1.807) is 32.4 Å². The molecule has 9 heteroatoms. The number of nitrogens with zero attached hydrogens (tertiary/aromatic N) is 1. The summed E-state index contributed by atoms with van der Waals surface area (Å²) >= 11 is 0. The molecular formula is C28H41N3O6. The zero-order valence-corrected chi connectivity index (χ0v) is 22.4. The summed E-state index contributed by atoms with van der Waals surface area (Å²) in [6, 6.07) is 5.09. The maximum atomic E-state index is 13.6. The Bertz CT molecular complexity index is 948. The van der Waals surface area contributed by atoms with Gasteiger partial charge in [-0.25, -0.2) is 4.79 Å². The van der Waals surface area contributed by atoms with Gasteiger partial charge in [0, 0.05) is 63.2 Å². The van der Waals surface area contributed by atoms with Gasteiger partial charge in [0.15, 0.2) is 11.5 Å². The van der Waals surface area contributed by atoms with E-state index in [4.69, 9.17) is 18.9 Å². The number of ether oxygens (including phenoxy) is 4. The number of hydrogen-bond donors (Lipinski definition) is 2. The Hall–Kier alpha value is -3.04. The van der Waals surface area contributed by atoms with Crippen LogP contribution in [-0.2, 0) is 9.47 Å². The molecule has 0 bridgehead atoms. The lowest BCUT2D eigenvalue weighted by Crippen LogP contribution is -2.47. The average molecular weight is 516 g/mol. The van der Waals surface area contributed by atoms with Crippen LogP contribution in [0.5, 0.6) is 11.5 Å². The third kappa shape index (κ3) is 8.50. The van der Waals surface area contributed by atoms with E-state index in [0.29, 0.717) is 56.5 Å². The Labute approximate surface area is 220 Å². The third-order valence-electron chi connectivity index (χ3n) is 6.62. The van der Waals surface area contributed by atoms with Gasteiger partial charge < -0.3 is 34.5 Å². The molecule has 2 N–H and O–H groups in total. The highest BCUT2D eigenvalue weighted by molar-refractivity contribution is 5.95. The van der Waals surface area contributed by atoms with Crippen molar-refractivity contribution in [2.75, 3.05) is 53.7 Å². The van der Waals surface area contributed by atoms with Crippen LogP contribution >= 0.6 is 0 Å². The van der Waals surface area contributed by atoms with Gasteiger partial charge >= 0.3 is 6.09 Å². The molecule has 1 aromatic rings. The predicted molar refractivity (Wildman–Crippen MR) is 142 cm³/mol. The highest BCUT2D eigenvalue weighted by Gasteiger charge is 2.33. The minimum Gasteiger partial charge on any atom is -0.493 e. The highest BCUT2D eigenvalue weighted by atomic mass is 16.5. The number of carbonyl (C=O) groups is 2. The quantitative estimate of drug-likeness (QED) is 0.389. The van der Waals surface area contributed by atoms with Crippen molar-refractivity contribution >= 4 is 12.0 Å². The van der Waals surface area contributed by atoms with Crippen LogP contribution in [-0.4, -0.2) is 82.7 Å². The van der Waals surface area contributed by atoms with Gasteiger partial charge in [-0.15, -0.1) is 0 Å². The van der Waals surface area contributed by atoms with Gasteiger partial charge in [-0.05, 0) is 38.5 Å². The fourth-order valence-corrected chi connectivity index (χ4v) is 4.48. The van der Waals surface area contributed by atoms with Gasteiger partial charge in [-0.3, -0.25) is 4.79 Å². The first-order valence-electron chi connectivity index (χ1n) is 13.0. The molecule has 204 valence electrons. The van der Waals surface area contributed by atoms with Crippen LogP contribution in [0.25, 0.3) is 0 Å². The fraction of sp³-hybridized carbons (Fsp3) is 0.571. The number of carbonyl (C=O) groups excluding carboxylic acids is 2. The van der Waals surface area contributed by atoms with Crippen molar-refractivity contribution in [1.82, 2.24) is 15.5 Å². The molecule has 1 aliphatic heterocycles. The third-order valence-corrected chi connectivity index (χ3v) is 6.62. The summed E-state index contributed by atoms with van der Waals surface area (Å²) in [7, 11) is 3.23. The van der Waals surface area contributed by atoms with Gasteiger partial charge in [-0.2, -0.15) is 0 Å². The zero-order chi connectivity index (χ0) is 26.6. The van der Waals surface area contributed by atoms with Crippen molar-refractivity contribution in [1.29, 1.82) is 0 Å². The first-order valence-corrected chi connectivity index (χ1v) is 13.0. The molecule has 3 rings (SSSR count). The normalized spacial score (nSPS) is 20.6. The summed E-state index contributed by atoms with van der Waals surface area (Å²) in [6.07, 6.45) is 9.27. The van der Waals surface area contributed by atoms with E-state index in [0.717, 1.165) is 12.8 Å². The molecular weight excluding hydrogens is 474 g/mol. The molecule has 0 aromatic heterocycles. The molecule has 3 atom stereocenters. The summed E-state index contributed by atoms with van der Waals surface area (Å²) in [5, 5.41) is 6.34. The number of hydrogen-bond acceptors (Lipinski definition) is 7. The lowest BCUT2D eigenvalue weighted by Gasteiger charge is -2.32. The van der Waals surface area contributed by atoms with E-state index in [1.165, 1.54) is 0 Å². The maximum Gasteiger partial charge on any atom is 0.407 e. The number of methoxy groups -OCH3 is 2. The second-order valence-electron chi connectivity index (χ2n) is 9.69. The van der Waals surface area contributed by atoms with Gasteiger partial charge in [0.05, 0.1) is 26.4 Å². The first-order chi connectivity index (χ1) is 17.9. The van der Waals surface area contributed by atoms with E-state index in [1.807, 2.05) is 30.9 Å². The number of alkyl carbamates (subject to hydrolysis) is 1. The SMILES string of the molecule is COCCCOc1cc(C(=O)N(C[C@@H]2CNC[C@H]2NC(=O)OCC2C=CC=CC2)C(C)C)ccc1OC. The van der Waals surface area contributed by atoms with E-state index in [9.17, 15) is 9.59 Å². The van der Waals surface area contributed by atoms with Crippen molar-refractivity contribution in [3.8, 4) is 11.5 Å². The smallest absolute Gasteiger partial charge is 0.407 e. The van der Waals surface area contributed by atoms with Crippen LogP contribution in [0.3, 0.4) is 0 Å². The number of nitrogens with one attached hydrogen (secondary N) is 2. The van der Waals surface area contributed by atoms with Crippen molar-refractivity contribution in [3.63, 3.8) is 0 Å². The summed E-state index contributed by atoms with van der Waals surface area (Å²) in [5.74, 6) is 1.28. The Morgan fingerprint density at radius 2 is 1.97 bits per heavy atom. The molecule has 2 amide bonds. The Morgan fingerprint density at radius 1 is 1.14 bits per heavy atom. The number of amides is 2. The molecule has 0 radical (unpaired) electrons. The van der Waals surface area contributed by atoms with Crippen LogP contribution in [0.1, 0.15) is 37.0 Å². The zero-order valence-electron chi connectivity index (χ0n) is 22.4. The Kier molecular flexibility index (Phi) is 11.3. The van der Waals surface area contributed by atoms with Crippen molar-refractivity contribution < 1.29 is 28.5 Å². The summed E-state index contributed by atoms with van der Waals surface area (Å²) in [4.78, 5) is 27.9. The number of allylic oxidation sites excluding steroid dienone is 3. The van der Waals surface area contributed by atoms with Crippen LogP contribution in [0.4, 0.5) is 4.79 Å². The van der Waals surface area contributed by atoms with Crippen molar-refractivity contribution in [2.45, 2.75) is 38.8 Å². The van der Waals surface area contributed by atoms with Gasteiger partial charge in [0.25, 0.3) is 5.91 Å². The monoisotopic (exact) mass is 515 g/mol. The van der Waals surface area contributed by atoms with Crippen LogP contribution in [0.2, 0.25) is 0 Å². The van der Waals surface area contributed by atoms with Gasteiger partial charge in [0.2, 0.25) is 0 Å². The second kappa shape index (κ2) is 14.6. The standard InChI is InChI=1S/C28H41N3O6/c1-20(2)31(27(32)22-11-12-25(35-4)26(15-22)36-14-8-13-34-3)18-23-16-29-17-24(23)30-28(33)37-19-21-9-6-5-7-10-21/h5-7,9,11-12,15,20-21,23-24,29H,8,10,13-14,16-19H2,1-4H3,(H,30,33)/t21?,23-,24+/m0/s1. The van der Waals surface area contributed by atoms with Gasteiger partial charge in [0.1, 0.15) is 0 Å². The number of benzene rings is 1. The van der Waals surface area contributed by atoms with Crippen LogP contribution in [0.15, 0.2) is 42.5 Å². The largest absolute Gasteiger partial charge is 0.493 e. The first kappa shape index (κ1) is 28.5. The molecule has 1 fully saturated rings. The molecule has 0 saturated carbocycles. The summed E-state index contributed by atoms with van der Waals surface area (Å²) in [6.45, 7) is 7.23. The molecule has 1 saturated heterocycles. The van der Waals surface area contributed by atoms with Crippen LogP contribution < -0.4 is 20.1 Å². The topological polar surface area (TPSA) is 98.4 Å². The van der Waals surface area contributed by atoms with Crippen LogP contribution in [0, 0.1) is 11.8 Å². The lowest BCUT2D eigenvalue weighted by atomic mass is 10.0. The summed E-state index contributed by atoms with van der Waals surface area (Å²) < 4.78 is 21.8. The van der Waals surface area contributed by atoms with Crippen molar-refractivity contribution in [2.24, 2.45) is 11.8 Å². The molecule has 1 unspecified atom stereocenters. The Balaban J connectivity index is 1.61. The number of rotatable bonds is 13. The predicted octanol–water partition coefficient (Wildman–Crippen LogP) is 3.41. The van der Waals surface area contributed by atoms with Gasteiger partial charge in [-0.1, -0.05) is 24.3 Å². The molecule has 9 nitrogen and oxygen atoms in total. The molecule has 2 aliphatic rings. The molecule has 37 heavy (non-hydrogen) atoms. The molecule has 1 aliphatic carbocycles. The van der Waals surface area contributed by atoms with Crippen molar-refractivity contribution in [3.05, 3.63) is 48.1 Å². The minimum absolute atomic E-state index is 0.0278. The lowest BCUT2D eigenvalue weighted by molar-refractivity contribution is 0.0666. The molecule has 0 spiro atoms. The second-order valence-corrected chi connectivity index (χ2v) is 9.69. The van der Waals surface area contributed by atoms with E-state index in [-0.39, 0.29) is 29.8 Å². The molecule has 1 heterocycles. The average Bonchev–Trinajstić information content (AvgIpc) is 3.34. The highest BCUT2D eigenvalue weighted by Crippen LogP contribution is 2.29. The van der Waals surface area contributed by atoms with E-state index < -0.39 is 6.09 Å². The minimum atomic E-state index is -0.422. The van der Waals surface area contributed by atoms with E-state index >= 15 is 0 Å². The maximum absolute atomic E-state index is 13.6.